The van der Waals surface area contributed by atoms with Gasteiger partial charge in [-0.05, 0) is 49.9 Å². The number of fused-ring (bicyclic) bond motifs is 4. The fourth-order valence-corrected chi connectivity index (χ4v) is 6.98. The number of benzene rings is 2. The molecule has 272 valence electrons. The highest BCUT2D eigenvalue weighted by Gasteiger charge is 2.34. The number of rotatable bonds is 6. The van der Waals surface area contributed by atoms with Gasteiger partial charge >= 0.3 is 0 Å². The van der Waals surface area contributed by atoms with Gasteiger partial charge in [0.2, 0.25) is 11.6 Å². The molecule has 4 amide bonds. The number of carbonyl (C=O) groups excluding carboxylic acids is 4. The lowest BCUT2D eigenvalue weighted by Crippen LogP contribution is -2.49. The van der Waals surface area contributed by atoms with Gasteiger partial charge in [0.05, 0.1) is 23.5 Å². The highest BCUT2D eigenvalue weighted by Crippen LogP contribution is 2.32. The van der Waals surface area contributed by atoms with Gasteiger partial charge in [0.1, 0.15) is 48.4 Å². The van der Waals surface area contributed by atoms with E-state index in [0.717, 1.165) is 50.2 Å². The van der Waals surface area contributed by atoms with Crippen LogP contribution < -0.4 is 29.9 Å². The monoisotopic (exact) mass is 710 g/mol. The van der Waals surface area contributed by atoms with Gasteiger partial charge in [-0.1, -0.05) is 38.1 Å². The second-order valence-electron chi connectivity index (χ2n) is 13.2. The van der Waals surface area contributed by atoms with Gasteiger partial charge in [-0.2, -0.15) is 0 Å². The summed E-state index contributed by atoms with van der Waals surface area (Å²) in [5.74, 6) is 1.72. The number of nitrogens with one attached hydrogen (secondary N) is 2. The Morgan fingerprint density at radius 2 is 1.10 bits per heavy atom. The summed E-state index contributed by atoms with van der Waals surface area (Å²) in [6, 6.07) is 13.6. The van der Waals surface area contributed by atoms with Crippen LogP contribution in [0.4, 0.5) is 11.4 Å². The number of nitrogens with zero attached hydrogens (tertiary/aromatic N) is 8. The molecule has 16 heteroatoms. The van der Waals surface area contributed by atoms with Crippen LogP contribution in [0.2, 0.25) is 0 Å². The van der Waals surface area contributed by atoms with Gasteiger partial charge in [0.25, 0.3) is 23.6 Å². The molecule has 8 rings (SSSR count). The minimum Gasteiger partial charge on any atom is -0.489 e. The Balaban J connectivity index is 0.000000162. The number of aromatic nitrogens is 6. The largest absolute Gasteiger partial charge is 0.489 e. The zero-order valence-electron chi connectivity index (χ0n) is 29.6. The quantitative estimate of drug-likeness (QED) is 0.302. The van der Waals surface area contributed by atoms with Crippen molar-refractivity contribution in [1.82, 2.24) is 40.2 Å². The summed E-state index contributed by atoms with van der Waals surface area (Å²) in [5, 5.41) is 14.1. The molecule has 0 saturated heterocycles. The van der Waals surface area contributed by atoms with Crippen LogP contribution in [0, 0.1) is 0 Å². The van der Waals surface area contributed by atoms with Gasteiger partial charge in [0, 0.05) is 26.9 Å². The lowest BCUT2D eigenvalue weighted by molar-refractivity contribution is -0.121. The molecule has 16 nitrogen and oxygen atoms in total. The number of aryl methyl sites for hydroxylation is 2. The molecule has 0 bridgehead atoms. The van der Waals surface area contributed by atoms with E-state index in [1.54, 1.807) is 26.2 Å². The van der Waals surface area contributed by atoms with Crippen LogP contribution in [0.3, 0.4) is 0 Å². The summed E-state index contributed by atoms with van der Waals surface area (Å²) in [7, 11) is 3.34. The van der Waals surface area contributed by atoms with Gasteiger partial charge in [0.15, 0.2) is 0 Å². The van der Waals surface area contributed by atoms with Crippen LogP contribution in [0.15, 0.2) is 48.5 Å². The fraction of sp³-hybridized carbons (Fsp3) is 0.444. The highest BCUT2D eigenvalue weighted by atomic mass is 16.5. The second kappa shape index (κ2) is 14.4. The number of amides is 4. The minimum absolute atomic E-state index is 0.0665. The average molecular weight is 711 g/mol. The summed E-state index contributed by atoms with van der Waals surface area (Å²) in [6.45, 7) is 4.32. The Morgan fingerprint density at radius 1 is 0.692 bits per heavy atom. The molecule has 4 aliphatic rings. The molecular weight excluding hydrogens is 668 g/mol. The van der Waals surface area contributed by atoms with E-state index in [1.807, 2.05) is 45.8 Å². The van der Waals surface area contributed by atoms with Crippen molar-refractivity contribution in [3.8, 4) is 11.5 Å². The van der Waals surface area contributed by atoms with Crippen molar-refractivity contribution < 1.29 is 28.7 Å². The van der Waals surface area contributed by atoms with Crippen LogP contribution in [-0.4, -0.2) is 92.6 Å². The van der Waals surface area contributed by atoms with Crippen molar-refractivity contribution in [3.63, 3.8) is 0 Å². The fourth-order valence-electron chi connectivity index (χ4n) is 6.98. The molecule has 0 radical (unpaired) electrons. The van der Waals surface area contributed by atoms with E-state index in [0.29, 0.717) is 35.0 Å². The molecule has 2 aromatic heterocycles. The Kier molecular flexibility index (Phi) is 9.62. The van der Waals surface area contributed by atoms with Crippen molar-refractivity contribution in [2.45, 2.75) is 76.5 Å². The van der Waals surface area contributed by atoms with E-state index in [1.165, 1.54) is 9.80 Å². The predicted octanol–water partition coefficient (Wildman–Crippen LogP) is 2.66. The maximum absolute atomic E-state index is 12.7. The third kappa shape index (κ3) is 6.55. The Bertz CT molecular complexity index is 1870. The van der Waals surface area contributed by atoms with Crippen LogP contribution >= 0.6 is 0 Å². The van der Waals surface area contributed by atoms with Crippen molar-refractivity contribution >= 4 is 35.0 Å². The molecule has 4 atom stereocenters. The summed E-state index contributed by atoms with van der Waals surface area (Å²) < 4.78 is 15.1. The number of hydrogen-bond donors (Lipinski definition) is 2. The normalized spacial score (nSPS) is 21.6. The summed E-state index contributed by atoms with van der Waals surface area (Å²) in [5.41, 5.74) is 1.36. The first-order chi connectivity index (χ1) is 25.2. The molecule has 52 heavy (non-hydrogen) atoms. The minimum atomic E-state index is -0.791. The number of anilines is 2. The molecule has 0 fully saturated rings. The maximum Gasteiger partial charge on any atom is 0.291 e. The maximum atomic E-state index is 12.7. The van der Waals surface area contributed by atoms with Crippen molar-refractivity contribution in [2.24, 2.45) is 0 Å². The molecule has 0 aliphatic carbocycles. The van der Waals surface area contributed by atoms with Crippen LogP contribution in [0.25, 0.3) is 0 Å². The first-order valence-electron chi connectivity index (χ1n) is 17.7. The van der Waals surface area contributed by atoms with E-state index in [2.05, 4.69) is 44.6 Å². The molecule has 0 saturated carbocycles. The third-order valence-corrected chi connectivity index (χ3v) is 9.98. The Hall–Kier alpha value is -5.80. The smallest absolute Gasteiger partial charge is 0.291 e. The SMILES string of the molecule is CC[C@@H]1CCc2nc(C(=O)N[C@H]3COc4ccccc4N(C)C3=O)nn21.CC[C@H]1CCc2nc(C(=O)N[C@H]3COc4ccccc4N(C)C3=O)nn21. The van der Waals surface area contributed by atoms with Crippen molar-refractivity contribution in [3.05, 3.63) is 71.8 Å². The molecular formula is C36H42N10O6. The van der Waals surface area contributed by atoms with Gasteiger partial charge < -0.3 is 29.9 Å². The van der Waals surface area contributed by atoms with Gasteiger partial charge in [-0.25, -0.2) is 19.3 Å². The molecule has 4 aliphatic heterocycles. The van der Waals surface area contributed by atoms with Gasteiger partial charge in [-0.3, -0.25) is 19.2 Å². The summed E-state index contributed by atoms with van der Waals surface area (Å²) in [4.78, 5) is 62.2. The summed E-state index contributed by atoms with van der Waals surface area (Å²) in [6.07, 6.45) is 5.56. The lowest BCUT2D eigenvalue weighted by Gasteiger charge is -2.19. The predicted molar refractivity (Wildman–Crippen MR) is 189 cm³/mol. The Labute approximate surface area is 300 Å². The molecule has 2 N–H and O–H groups in total. The van der Waals surface area contributed by atoms with E-state index in [-0.39, 0.29) is 36.7 Å². The Morgan fingerprint density at radius 3 is 1.50 bits per heavy atom. The van der Waals surface area contributed by atoms with E-state index in [4.69, 9.17) is 9.47 Å². The molecule has 6 heterocycles. The molecule has 0 spiro atoms. The van der Waals surface area contributed by atoms with Crippen LogP contribution in [-0.2, 0) is 22.4 Å². The number of carbonyl (C=O) groups is 4. The lowest BCUT2D eigenvalue weighted by atomic mass is 10.2. The zero-order chi connectivity index (χ0) is 36.5. The summed E-state index contributed by atoms with van der Waals surface area (Å²) >= 11 is 0. The van der Waals surface area contributed by atoms with E-state index in [9.17, 15) is 19.2 Å². The second-order valence-corrected chi connectivity index (χ2v) is 13.2. The average Bonchev–Trinajstić information content (AvgIpc) is 3.93. The van der Waals surface area contributed by atoms with E-state index >= 15 is 0 Å². The van der Waals surface area contributed by atoms with Crippen molar-refractivity contribution in [1.29, 1.82) is 0 Å². The first kappa shape index (κ1) is 34.6. The number of hydrogen-bond acceptors (Lipinski definition) is 10. The first-order valence-corrected chi connectivity index (χ1v) is 17.7. The molecule has 2 aromatic carbocycles. The van der Waals surface area contributed by atoms with Crippen molar-refractivity contribution in [2.75, 3.05) is 37.1 Å². The topological polar surface area (TPSA) is 179 Å². The standard InChI is InChI=1S/2C18H21N5O3/c2*1-3-11-8-9-15-20-16(21-23(11)15)17(24)19-12-10-26-14-7-5-4-6-13(14)22(2)18(12)25/h2*4-7,11-12H,3,8-10H2,1-2H3,(H,19,24)/t11-,12+;11-,12-/m10/s1. The third-order valence-electron chi connectivity index (χ3n) is 9.98. The zero-order valence-corrected chi connectivity index (χ0v) is 29.6. The molecule has 0 unspecified atom stereocenters. The number of likely N-dealkylation sites (N-methyl/N-ethyl adjacent to an activating group) is 2. The number of ether oxygens (including phenoxy) is 2. The highest BCUT2D eigenvalue weighted by molar-refractivity contribution is 6.03. The van der Waals surface area contributed by atoms with Gasteiger partial charge in [-0.15, -0.1) is 10.2 Å². The van der Waals surface area contributed by atoms with Crippen LogP contribution in [0.1, 0.15) is 84.5 Å². The van der Waals surface area contributed by atoms with Crippen LogP contribution in [0.5, 0.6) is 11.5 Å². The molecule has 4 aromatic rings. The number of para-hydroxylation sites is 4. The van der Waals surface area contributed by atoms with E-state index < -0.39 is 23.9 Å².